The van der Waals surface area contributed by atoms with E-state index in [1.807, 2.05) is 0 Å². The molecule has 1 nitrogen and oxygen atoms in total. The van der Waals surface area contributed by atoms with Crippen molar-refractivity contribution in [1.82, 2.24) is 0 Å². The van der Waals surface area contributed by atoms with Crippen molar-refractivity contribution in [2.24, 2.45) is 0 Å². The Kier molecular flexibility index (Phi) is 5.35. The van der Waals surface area contributed by atoms with Crippen LogP contribution in [0.4, 0.5) is 0 Å². The van der Waals surface area contributed by atoms with Gasteiger partial charge in [-0.25, -0.2) is 0 Å². The summed E-state index contributed by atoms with van der Waals surface area (Å²) in [4.78, 5) is 0. The number of hydrogen-bond donors (Lipinski definition) is 0. The van der Waals surface area contributed by atoms with E-state index in [9.17, 15) is 0 Å². The highest BCUT2D eigenvalue weighted by Crippen LogP contribution is 1.81. The third-order valence-corrected chi connectivity index (χ3v) is 0.606. The molecule has 0 radical (unpaired) electrons. The van der Waals surface area contributed by atoms with Gasteiger partial charge in [-0.3, -0.25) is 0 Å². The van der Waals surface area contributed by atoms with Crippen molar-refractivity contribution in [2.75, 3.05) is 6.61 Å². The second kappa shape index (κ2) is 6.06. The molecule has 44 valence electrons. The summed E-state index contributed by atoms with van der Waals surface area (Å²) in [5.41, 5.74) is 2.50. The van der Waals surface area contributed by atoms with Crippen LogP contribution in [0.5, 0.6) is 0 Å². The van der Waals surface area contributed by atoms with Crippen molar-refractivity contribution < 1.29 is 4.74 Å². The van der Waals surface area contributed by atoms with E-state index in [4.69, 9.17) is 4.74 Å². The predicted octanol–water partition coefficient (Wildman–Crippen LogP) is 1.88. The van der Waals surface area contributed by atoms with Crippen molar-refractivity contribution in [2.45, 2.75) is 6.42 Å². The molecule has 0 N–H and O–H groups in total. The van der Waals surface area contributed by atoms with E-state index in [0.29, 0.717) is 6.61 Å². The first-order chi connectivity index (χ1) is 3.91. The lowest BCUT2D eigenvalue weighted by molar-refractivity contribution is 0.257. The standard InChI is InChI=1S/C7H10O/c1-3-5-7-8-6-4-2/h3,6H,1-2,5,7H2. The minimum Gasteiger partial charge on any atom is -0.493 e. The molecule has 0 amide bonds. The Hall–Kier alpha value is -0.940. The zero-order valence-corrected chi connectivity index (χ0v) is 4.89. The average Bonchev–Trinajstić information content (AvgIpc) is 1.81. The first-order valence-corrected chi connectivity index (χ1v) is 2.48. The Morgan fingerprint density at radius 3 is 2.88 bits per heavy atom. The van der Waals surface area contributed by atoms with Crippen LogP contribution in [0.1, 0.15) is 6.42 Å². The summed E-state index contributed by atoms with van der Waals surface area (Å²) in [6.45, 7) is 7.53. The van der Waals surface area contributed by atoms with Crippen molar-refractivity contribution in [1.29, 1.82) is 0 Å². The molecule has 0 saturated carbocycles. The maximum Gasteiger partial charge on any atom is 0.124 e. The van der Waals surface area contributed by atoms with Crippen molar-refractivity contribution in [3.05, 3.63) is 31.2 Å². The number of rotatable bonds is 4. The molecule has 0 saturated heterocycles. The maximum atomic E-state index is 4.85. The lowest BCUT2D eigenvalue weighted by Gasteiger charge is -1.91. The smallest absolute Gasteiger partial charge is 0.124 e. The molecule has 0 bridgehead atoms. The fourth-order valence-corrected chi connectivity index (χ4v) is 0.269. The molecule has 1 heteroatoms. The van der Waals surface area contributed by atoms with Gasteiger partial charge in [0.15, 0.2) is 0 Å². The molecule has 0 heterocycles. The van der Waals surface area contributed by atoms with Gasteiger partial charge in [0.05, 0.1) is 6.61 Å². The van der Waals surface area contributed by atoms with Crippen LogP contribution >= 0.6 is 0 Å². The maximum absolute atomic E-state index is 4.85. The van der Waals surface area contributed by atoms with Crippen LogP contribution in [-0.4, -0.2) is 6.61 Å². The van der Waals surface area contributed by atoms with Gasteiger partial charge in [0.2, 0.25) is 0 Å². The molecule has 0 aromatic carbocycles. The van der Waals surface area contributed by atoms with Crippen LogP contribution < -0.4 is 0 Å². The molecule has 0 aliphatic heterocycles. The molecule has 0 aromatic heterocycles. The molecule has 0 aliphatic rings. The van der Waals surface area contributed by atoms with Crippen molar-refractivity contribution in [3.8, 4) is 0 Å². The highest BCUT2D eigenvalue weighted by molar-refractivity contribution is 4.68. The third kappa shape index (κ3) is 5.06. The summed E-state index contributed by atoms with van der Waals surface area (Å²) >= 11 is 0. The SMILES string of the molecule is C=C=COCCC=C. The van der Waals surface area contributed by atoms with Crippen LogP contribution in [-0.2, 0) is 4.74 Å². The number of hydrogen-bond acceptors (Lipinski definition) is 1. The van der Waals surface area contributed by atoms with Crippen LogP contribution in [0.2, 0.25) is 0 Å². The normalized spacial score (nSPS) is 7.00. The molecule has 0 aliphatic carbocycles. The first kappa shape index (κ1) is 7.06. The third-order valence-electron chi connectivity index (χ3n) is 0.606. The van der Waals surface area contributed by atoms with E-state index in [1.165, 1.54) is 6.26 Å². The fourth-order valence-electron chi connectivity index (χ4n) is 0.269. The van der Waals surface area contributed by atoms with Crippen LogP contribution in [0.25, 0.3) is 0 Å². The number of ether oxygens (including phenoxy) is 1. The molecule has 0 fully saturated rings. The molecular formula is C7H10O. The Balaban J connectivity index is 2.93. The van der Waals surface area contributed by atoms with Gasteiger partial charge in [0.25, 0.3) is 0 Å². The Labute approximate surface area is 50.0 Å². The van der Waals surface area contributed by atoms with E-state index >= 15 is 0 Å². The van der Waals surface area contributed by atoms with Gasteiger partial charge in [-0.05, 0) is 6.42 Å². The fraction of sp³-hybridized carbons (Fsp3) is 0.286. The van der Waals surface area contributed by atoms with Gasteiger partial charge in [0, 0.05) is 0 Å². The summed E-state index contributed by atoms with van der Waals surface area (Å²) in [6.07, 6.45) is 4.12. The summed E-state index contributed by atoms with van der Waals surface area (Å²) in [6, 6.07) is 0. The van der Waals surface area contributed by atoms with Gasteiger partial charge in [-0.15, -0.1) is 6.58 Å². The first-order valence-electron chi connectivity index (χ1n) is 2.48. The van der Waals surface area contributed by atoms with E-state index < -0.39 is 0 Å². The van der Waals surface area contributed by atoms with E-state index in [2.05, 4.69) is 18.9 Å². The lowest BCUT2D eigenvalue weighted by Crippen LogP contribution is -1.81. The quantitative estimate of drug-likeness (QED) is 0.232. The van der Waals surface area contributed by atoms with Crippen LogP contribution in [0, 0.1) is 0 Å². The minimum absolute atomic E-state index is 0.673. The molecule has 0 unspecified atom stereocenters. The largest absolute Gasteiger partial charge is 0.493 e. The Bertz CT molecular complexity index is 99.0. The summed E-state index contributed by atoms with van der Waals surface area (Å²) in [5, 5.41) is 0. The second-order valence-electron chi connectivity index (χ2n) is 1.27. The topological polar surface area (TPSA) is 9.23 Å². The van der Waals surface area contributed by atoms with E-state index in [-0.39, 0.29) is 0 Å². The van der Waals surface area contributed by atoms with E-state index in [0.717, 1.165) is 6.42 Å². The molecule has 0 aromatic rings. The zero-order valence-electron chi connectivity index (χ0n) is 4.89. The summed E-state index contributed by atoms with van der Waals surface area (Å²) in [7, 11) is 0. The molecular weight excluding hydrogens is 100 g/mol. The molecule has 0 atom stereocenters. The van der Waals surface area contributed by atoms with Crippen molar-refractivity contribution >= 4 is 0 Å². The van der Waals surface area contributed by atoms with Gasteiger partial charge in [0.1, 0.15) is 6.26 Å². The highest BCUT2D eigenvalue weighted by atomic mass is 16.5. The summed E-state index contributed by atoms with van der Waals surface area (Å²) in [5.74, 6) is 0. The zero-order chi connectivity index (χ0) is 6.24. The second-order valence-corrected chi connectivity index (χ2v) is 1.27. The van der Waals surface area contributed by atoms with Gasteiger partial charge >= 0.3 is 0 Å². The predicted molar refractivity (Wildman–Crippen MR) is 34.5 cm³/mol. The monoisotopic (exact) mass is 110 g/mol. The van der Waals surface area contributed by atoms with Crippen LogP contribution in [0.3, 0.4) is 0 Å². The summed E-state index contributed by atoms with van der Waals surface area (Å²) < 4.78 is 4.85. The van der Waals surface area contributed by atoms with Crippen LogP contribution in [0.15, 0.2) is 31.2 Å². The molecule has 0 rings (SSSR count). The Morgan fingerprint density at radius 1 is 1.62 bits per heavy atom. The average molecular weight is 110 g/mol. The highest BCUT2D eigenvalue weighted by Gasteiger charge is 1.73. The molecule has 0 spiro atoms. The van der Waals surface area contributed by atoms with Gasteiger partial charge in [-0.1, -0.05) is 18.4 Å². The van der Waals surface area contributed by atoms with Gasteiger partial charge < -0.3 is 4.74 Å². The van der Waals surface area contributed by atoms with E-state index in [1.54, 1.807) is 6.08 Å². The van der Waals surface area contributed by atoms with Gasteiger partial charge in [-0.2, -0.15) is 0 Å². The molecule has 8 heavy (non-hydrogen) atoms. The lowest BCUT2D eigenvalue weighted by atomic mass is 10.5. The minimum atomic E-state index is 0.673. The van der Waals surface area contributed by atoms with Crippen molar-refractivity contribution in [3.63, 3.8) is 0 Å². The Morgan fingerprint density at radius 2 is 2.38 bits per heavy atom.